The van der Waals surface area contributed by atoms with E-state index in [0.29, 0.717) is 15.8 Å². The van der Waals surface area contributed by atoms with Gasteiger partial charge in [-0.3, -0.25) is 0 Å². The molecule has 100 valence electrons. The van der Waals surface area contributed by atoms with Gasteiger partial charge in [0.25, 0.3) is 0 Å². The molecule has 2 N–H and O–H groups in total. The Balaban J connectivity index is 2.49. The number of rotatable bonds is 3. The first-order valence-electron chi connectivity index (χ1n) is 5.88. The second-order valence-electron chi connectivity index (χ2n) is 4.39. The Labute approximate surface area is 123 Å². The van der Waals surface area contributed by atoms with Gasteiger partial charge in [0.05, 0.1) is 13.2 Å². The topological polar surface area (TPSA) is 35.2 Å². The van der Waals surface area contributed by atoms with Crippen molar-refractivity contribution in [3.05, 3.63) is 63.1 Å². The Bertz CT molecular complexity index is 599. The quantitative estimate of drug-likeness (QED) is 0.913. The van der Waals surface area contributed by atoms with Crippen LogP contribution < -0.4 is 10.5 Å². The molecule has 0 spiro atoms. The third kappa shape index (κ3) is 3.03. The summed E-state index contributed by atoms with van der Waals surface area (Å²) in [7, 11) is 1.61. The molecule has 0 aliphatic rings. The molecule has 4 heteroatoms. The van der Waals surface area contributed by atoms with Crippen molar-refractivity contribution >= 4 is 23.2 Å². The van der Waals surface area contributed by atoms with Crippen LogP contribution in [0.4, 0.5) is 0 Å². The lowest BCUT2D eigenvalue weighted by Gasteiger charge is -2.18. The van der Waals surface area contributed by atoms with Crippen molar-refractivity contribution in [3.63, 3.8) is 0 Å². The zero-order valence-corrected chi connectivity index (χ0v) is 12.3. The van der Waals surface area contributed by atoms with Crippen LogP contribution in [0.5, 0.6) is 5.75 Å². The molecule has 2 aromatic carbocycles. The normalized spacial score (nSPS) is 12.3. The molecule has 19 heavy (non-hydrogen) atoms. The van der Waals surface area contributed by atoms with E-state index in [4.69, 9.17) is 33.7 Å². The number of hydrogen-bond acceptors (Lipinski definition) is 2. The van der Waals surface area contributed by atoms with Gasteiger partial charge in [-0.2, -0.15) is 0 Å². The summed E-state index contributed by atoms with van der Waals surface area (Å²) in [5.41, 5.74) is 9.06. The maximum Gasteiger partial charge on any atom is 0.124 e. The van der Waals surface area contributed by atoms with Crippen molar-refractivity contribution in [2.24, 2.45) is 5.73 Å². The summed E-state index contributed by atoms with van der Waals surface area (Å²) in [6.07, 6.45) is 0. The minimum absolute atomic E-state index is 0.373. The lowest BCUT2D eigenvalue weighted by atomic mass is 9.98. The molecule has 0 saturated carbocycles. The van der Waals surface area contributed by atoms with Gasteiger partial charge in [0.2, 0.25) is 0 Å². The average Bonchev–Trinajstić information content (AvgIpc) is 2.38. The highest BCUT2D eigenvalue weighted by Crippen LogP contribution is 2.33. The first-order chi connectivity index (χ1) is 9.02. The van der Waals surface area contributed by atoms with Gasteiger partial charge in [0.15, 0.2) is 0 Å². The van der Waals surface area contributed by atoms with E-state index >= 15 is 0 Å². The third-order valence-corrected chi connectivity index (χ3v) is 3.58. The fraction of sp³-hybridized carbons (Fsp3) is 0.200. The Morgan fingerprint density at radius 3 is 2.42 bits per heavy atom. The summed E-state index contributed by atoms with van der Waals surface area (Å²) in [5.74, 6) is 0.702. The van der Waals surface area contributed by atoms with Gasteiger partial charge in [0.1, 0.15) is 5.75 Å². The number of halogens is 2. The molecule has 2 nitrogen and oxygen atoms in total. The molecule has 1 unspecified atom stereocenters. The van der Waals surface area contributed by atoms with E-state index in [1.54, 1.807) is 25.3 Å². The Hall–Kier alpha value is -1.22. The second kappa shape index (κ2) is 5.83. The predicted molar refractivity (Wildman–Crippen MR) is 80.2 cm³/mol. The van der Waals surface area contributed by atoms with Crippen LogP contribution >= 0.6 is 23.2 Å². The molecule has 1 atom stereocenters. The molecule has 0 bridgehead atoms. The fourth-order valence-electron chi connectivity index (χ4n) is 2.00. The lowest BCUT2D eigenvalue weighted by Crippen LogP contribution is -2.13. The Morgan fingerprint density at radius 1 is 1.05 bits per heavy atom. The van der Waals surface area contributed by atoms with Crippen LogP contribution in [0, 0.1) is 6.92 Å². The van der Waals surface area contributed by atoms with Crippen molar-refractivity contribution in [1.29, 1.82) is 0 Å². The maximum atomic E-state index is 6.29. The van der Waals surface area contributed by atoms with Crippen LogP contribution in [-0.4, -0.2) is 7.11 Å². The highest BCUT2D eigenvalue weighted by molar-refractivity contribution is 6.31. The molecule has 0 heterocycles. The highest BCUT2D eigenvalue weighted by Gasteiger charge is 2.17. The summed E-state index contributed by atoms with van der Waals surface area (Å²) >= 11 is 12.3. The average molecular weight is 296 g/mol. The van der Waals surface area contributed by atoms with Crippen molar-refractivity contribution in [2.45, 2.75) is 13.0 Å². The van der Waals surface area contributed by atoms with Gasteiger partial charge in [0, 0.05) is 15.6 Å². The van der Waals surface area contributed by atoms with Crippen molar-refractivity contribution in [3.8, 4) is 5.75 Å². The summed E-state index contributed by atoms with van der Waals surface area (Å²) < 4.78 is 5.32. The SMILES string of the molecule is COc1ccc(Cl)cc1C(N)c1ccc(C)cc1Cl. The molecule has 0 fully saturated rings. The van der Waals surface area contributed by atoms with Crippen molar-refractivity contribution < 1.29 is 4.74 Å². The number of aryl methyl sites for hydroxylation is 1. The molecule has 0 amide bonds. The number of hydrogen-bond donors (Lipinski definition) is 1. The lowest BCUT2D eigenvalue weighted by molar-refractivity contribution is 0.408. The van der Waals surface area contributed by atoms with E-state index in [0.717, 1.165) is 16.7 Å². The Morgan fingerprint density at radius 2 is 1.79 bits per heavy atom. The van der Waals surface area contributed by atoms with Gasteiger partial charge in [-0.25, -0.2) is 0 Å². The van der Waals surface area contributed by atoms with Gasteiger partial charge < -0.3 is 10.5 Å². The Kier molecular flexibility index (Phi) is 4.35. The first kappa shape index (κ1) is 14.2. The standard InChI is InChI=1S/C15H15Cl2NO/c1-9-3-5-11(13(17)7-9)15(18)12-8-10(16)4-6-14(12)19-2/h3-8,15H,18H2,1-2H3. The molecule has 0 radical (unpaired) electrons. The van der Waals surface area contributed by atoms with E-state index in [-0.39, 0.29) is 6.04 Å². The molecule has 0 aromatic heterocycles. The highest BCUT2D eigenvalue weighted by atomic mass is 35.5. The molecule has 2 aromatic rings. The summed E-state index contributed by atoms with van der Waals surface area (Å²) in [5, 5.41) is 1.27. The van der Waals surface area contributed by atoms with Crippen LogP contribution in [0.1, 0.15) is 22.7 Å². The van der Waals surface area contributed by atoms with Gasteiger partial charge in [-0.15, -0.1) is 0 Å². The number of methoxy groups -OCH3 is 1. The van der Waals surface area contributed by atoms with Crippen LogP contribution in [0.3, 0.4) is 0 Å². The van der Waals surface area contributed by atoms with E-state index in [1.165, 1.54) is 0 Å². The van der Waals surface area contributed by atoms with Gasteiger partial charge >= 0.3 is 0 Å². The van der Waals surface area contributed by atoms with Crippen molar-refractivity contribution in [1.82, 2.24) is 0 Å². The zero-order valence-electron chi connectivity index (χ0n) is 10.8. The van der Waals surface area contributed by atoms with Gasteiger partial charge in [-0.05, 0) is 42.3 Å². The van der Waals surface area contributed by atoms with Crippen LogP contribution in [0.25, 0.3) is 0 Å². The smallest absolute Gasteiger partial charge is 0.124 e. The number of benzene rings is 2. The minimum Gasteiger partial charge on any atom is -0.496 e. The molecule has 0 aliphatic carbocycles. The van der Waals surface area contributed by atoms with Gasteiger partial charge in [-0.1, -0.05) is 35.3 Å². The number of nitrogens with two attached hydrogens (primary N) is 1. The second-order valence-corrected chi connectivity index (χ2v) is 5.23. The van der Waals surface area contributed by atoms with E-state index < -0.39 is 0 Å². The first-order valence-corrected chi connectivity index (χ1v) is 6.63. The van der Waals surface area contributed by atoms with Crippen LogP contribution in [-0.2, 0) is 0 Å². The molecular weight excluding hydrogens is 281 g/mol. The van der Waals surface area contributed by atoms with Crippen LogP contribution in [0.15, 0.2) is 36.4 Å². The molecule has 2 rings (SSSR count). The van der Waals surface area contributed by atoms with E-state index in [9.17, 15) is 0 Å². The maximum absolute atomic E-state index is 6.29. The zero-order chi connectivity index (χ0) is 14.0. The molecular formula is C15H15Cl2NO. The fourth-order valence-corrected chi connectivity index (χ4v) is 2.53. The summed E-state index contributed by atoms with van der Waals surface area (Å²) in [6, 6.07) is 10.8. The predicted octanol–water partition coefficient (Wildman–Crippen LogP) is 4.36. The monoisotopic (exact) mass is 295 g/mol. The summed E-state index contributed by atoms with van der Waals surface area (Å²) in [6.45, 7) is 1.99. The largest absolute Gasteiger partial charge is 0.496 e. The third-order valence-electron chi connectivity index (χ3n) is 3.02. The van der Waals surface area contributed by atoms with Crippen LogP contribution in [0.2, 0.25) is 10.0 Å². The molecule has 0 saturated heterocycles. The summed E-state index contributed by atoms with van der Waals surface area (Å²) in [4.78, 5) is 0. The minimum atomic E-state index is -0.373. The van der Waals surface area contributed by atoms with Crippen molar-refractivity contribution in [2.75, 3.05) is 7.11 Å². The number of ether oxygens (including phenoxy) is 1. The molecule has 0 aliphatic heterocycles. The van der Waals surface area contributed by atoms with E-state index in [2.05, 4.69) is 0 Å². The van der Waals surface area contributed by atoms with E-state index in [1.807, 2.05) is 25.1 Å².